The first-order valence-electron chi connectivity index (χ1n) is 7.77. The number of esters is 1. The van der Waals surface area contributed by atoms with Crippen molar-refractivity contribution in [2.45, 2.75) is 19.8 Å². The number of carbonyl (C=O) groups is 3. The lowest BCUT2D eigenvalue weighted by molar-refractivity contribution is -0.147. The van der Waals surface area contributed by atoms with Crippen molar-refractivity contribution in [1.29, 1.82) is 0 Å². The Morgan fingerprint density at radius 2 is 1.92 bits per heavy atom. The molecule has 0 atom stereocenters. The van der Waals surface area contributed by atoms with E-state index >= 15 is 0 Å². The predicted molar refractivity (Wildman–Crippen MR) is 100 cm³/mol. The Hall–Kier alpha value is -2.38. The van der Waals surface area contributed by atoms with Crippen molar-refractivity contribution >= 4 is 46.3 Å². The zero-order valence-electron chi connectivity index (χ0n) is 14.3. The van der Waals surface area contributed by atoms with Crippen molar-refractivity contribution in [2.75, 3.05) is 19.0 Å². The van der Waals surface area contributed by atoms with Gasteiger partial charge in [-0.2, -0.15) is 0 Å². The van der Waals surface area contributed by atoms with Crippen LogP contribution < -0.4 is 10.1 Å². The lowest BCUT2D eigenvalue weighted by atomic mass is 10.2. The van der Waals surface area contributed by atoms with Gasteiger partial charge in [0.25, 0.3) is 5.91 Å². The number of aryl methyl sites for hydroxylation is 1. The zero-order valence-corrected chi connectivity index (χ0v) is 15.9. The molecule has 138 valence electrons. The molecule has 2 rings (SSSR count). The van der Waals surface area contributed by atoms with Crippen LogP contribution in [0.25, 0.3) is 0 Å². The summed E-state index contributed by atoms with van der Waals surface area (Å²) in [6, 6.07) is 8.58. The van der Waals surface area contributed by atoms with Crippen LogP contribution in [0.4, 0.5) is 5.69 Å². The second kappa shape index (κ2) is 9.35. The average molecular weight is 396 g/mol. The number of ether oxygens (including phenoxy) is 2. The van der Waals surface area contributed by atoms with Gasteiger partial charge < -0.3 is 14.8 Å². The Balaban J connectivity index is 1.77. The minimum Gasteiger partial charge on any atom is -0.495 e. The molecule has 0 saturated carbocycles. The molecule has 0 saturated heterocycles. The summed E-state index contributed by atoms with van der Waals surface area (Å²) in [6.07, 6.45) is -0.0988. The van der Waals surface area contributed by atoms with Crippen LogP contribution in [-0.2, 0) is 14.3 Å². The highest BCUT2D eigenvalue weighted by atomic mass is 35.5. The van der Waals surface area contributed by atoms with Crippen LogP contribution in [0.1, 0.15) is 28.1 Å². The number of amides is 1. The van der Waals surface area contributed by atoms with E-state index in [-0.39, 0.29) is 18.6 Å². The quantitative estimate of drug-likeness (QED) is 0.542. The van der Waals surface area contributed by atoms with Gasteiger partial charge in [0.05, 0.1) is 28.4 Å². The van der Waals surface area contributed by atoms with Crippen LogP contribution in [0, 0.1) is 6.92 Å². The molecule has 8 heteroatoms. The third-order valence-corrected chi connectivity index (χ3v) is 4.67. The highest BCUT2D eigenvalue weighted by Gasteiger charge is 2.14. The normalized spacial score (nSPS) is 10.3. The van der Waals surface area contributed by atoms with Gasteiger partial charge in [0, 0.05) is 6.42 Å². The van der Waals surface area contributed by atoms with Crippen LogP contribution in [0.5, 0.6) is 5.75 Å². The lowest BCUT2D eigenvalue weighted by Gasteiger charge is -2.11. The summed E-state index contributed by atoms with van der Waals surface area (Å²) in [4.78, 5) is 36.0. The molecule has 0 aliphatic heterocycles. The smallest absolute Gasteiger partial charge is 0.306 e. The van der Waals surface area contributed by atoms with Crippen molar-refractivity contribution in [3.05, 3.63) is 45.1 Å². The SMILES string of the molecule is COc1ccc(C)cc1NC(=O)COC(=O)CCC(=O)c1ccc(Cl)s1. The summed E-state index contributed by atoms with van der Waals surface area (Å²) in [5, 5.41) is 2.63. The van der Waals surface area contributed by atoms with E-state index in [9.17, 15) is 14.4 Å². The minimum absolute atomic E-state index is 0.00297. The van der Waals surface area contributed by atoms with E-state index in [1.165, 1.54) is 7.11 Å². The molecular formula is C18H18ClNO5S. The first-order valence-corrected chi connectivity index (χ1v) is 8.97. The van der Waals surface area contributed by atoms with E-state index in [0.717, 1.165) is 16.9 Å². The van der Waals surface area contributed by atoms with Gasteiger partial charge in [0.15, 0.2) is 12.4 Å². The van der Waals surface area contributed by atoms with Crippen LogP contribution in [0.15, 0.2) is 30.3 Å². The van der Waals surface area contributed by atoms with Crippen molar-refractivity contribution in [3.63, 3.8) is 0 Å². The highest BCUT2D eigenvalue weighted by molar-refractivity contribution is 7.18. The van der Waals surface area contributed by atoms with Gasteiger partial charge in [-0.1, -0.05) is 17.7 Å². The van der Waals surface area contributed by atoms with Crippen LogP contribution in [0.3, 0.4) is 0 Å². The Morgan fingerprint density at radius 1 is 1.15 bits per heavy atom. The molecule has 2 aromatic rings. The maximum Gasteiger partial charge on any atom is 0.306 e. The second-order valence-electron chi connectivity index (χ2n) is 5.44. The number of rotatable bonds is 8. The molecule has 0 fully saturated rings. The number of ketones is 1. The predicted octanol–water partition coefficient (Wildman–Crippen LogP) is 3.86. The van der Waals surface area contributed by atoms with Gasteiger partial charge in [-0.3, -0.25) is 14.4 Å². The first kappa shape index (κ1) is 19.9. The molecule has 0 aliphatic rings. The summed E-state index contributed by atoms with van der Waals surface area (Å²) in [5.41, 5.74) is 1.45. The standard InChI is InChI=1S/C18H18ClNO5S/c1-11-3-5-14(24-2)12(9-11)20-17(22)10-25-18(23)8-4-13(21)15-6-7-16(19)26-15/h3,5-7,9H,4,8,10H2,1-2H3,(H,20,22). The van der Waals surface area contributed by atoms with Crippen molar-refractivity contribution in [1.82, 2.24) is 0 Å². The zero-order chi connectivity index (χ0) is 19.1. The molecule has 1 N–H and O–H groups in total. The third kappa shape index (κ3) is 5.86. The lowest BCUT2D eigenvalue weighted by Crippen LogP contribution is -2.21. The van der Waals surface area contributed by atoms with Gasteiger partial charge in [-0.25, -0.2) is 0 Å². The Morgan fingerprint density at radius 3 is 2.58 bits per heavy atom. The number of anilines is 1. The monoisotopic (exact) mass is 395 g/mol. The number of thiophene rings is 1. The summed E-state index contributed by atoms with van der Waals surface area (Å²) >= 11 is 6.93. The molecule has 1 amide bonds. The number of hydrogen-bond donors (Lipinski definition) is 1. The van der Waals surface area contributed by atoms with Crippen LogP contribution in [0.2, 0.25) is 4.34 Å². The maximum atomic E-state index is 11.9. The number of hydrogen-bond acceptors (Lipinski definition) is 6. The van der Waals surface area contributed by atoms with Gasteiger partial charge in [0.1, 0.15) is 5.75 Å². The molecule has 1 aromatic carbocycles. The Bertz CT molecular complexity index is 818. The summed E-state index contributed by atoms with van der Waals surface area (Å²) < 4.78 is 10.6. The number of nitrogens with one attached hydrogen (secondary N) is 1. The van der Waals surface area contributed by atoms with E-state index in [0.29, 0.717) is 20.7 Å². The van der Waals surface area contributed by atoms with Crippen molar-refractivity contribution in [2.24, 2.45) is 0 Å². The Labute approximate surface area is 160 Å². The average Bonchev–Trinajstić information content (AvgIpc) is 3.04. The number of methoxy groups -OCH3 is 1. The number of halogens is 1. The van der Waals surface area contributed by atoms with Crippen molar-refractivity contribution in [3.8, 4) is 5.75 Å². The van der Waals surface area contributed by atoms with E-state index in [2.05, 4.69) is 5.32 Å². The first-order chi connectivity index (χ1) is 12.4. The number of benzene rings is 1. The van der Waals surface area contributed by atoms with Crippen LogP contribution >= 0.6 is 22.9 Å². The molecule has 0 spiro atoms. The molecule has 0 aliphatic carbocycles. The van der Waals surface area contributed by atoms with Gasteiger partial charge in [-0.05, 0) is 36.8 Å². The molecule has 1 aromatic heterocycles. The van der Waals surface area contributed by atoms with E-state index in [1.54, 1.807) is 24.3 Å². The fraction of sp³-hybridized carbons (Fsp3) is 0.278. The number of Topliss-reactive ketones (excluding diaryl/α,β-unsaturated/α-hetero) is 1. The number of carbonyl (C=O) groups excluding carboxylic acids is 3. The van der Waals surface area contributed by atoms with E-state index in [4.69, 9.17) is 21.1 Å². The van der Waals surface area contributed by atoms with E-state index in [1.807, 2.05) is 13.0 Å². The second-order valence-corrected chi connectivity index (χ2v) is 7.15. The fourth-order valence-electron chi connectivity index (χ4n) is 2.13. The van der Waals surface area contributed by atoms with Crippen LogP contribution in [-0.4, -0.2) is 31.4 Å². The van der Waals surface area contributed by atoms with E-state index < -0.39 is 18.5 Å². The molecule has 0 bridgehead atoms. The minimum atomic E-state index is -0.618. The largest absolute Gasteiger partial charge is 0.495 e. The molecule has 0 unspecified atom stereocenters. The Kier molecular flexibility index (Phi) is 7.17. The topological polar surface area (TPSA) is 81.7 Å². The van der Waals surface area contributed by atoms with Gasteiger partial charge in [-0.15, -0.1) is 11.3 Å². The summed E-state index contributed by atoms with van der Waals surface area (Å²) in [7, 11) is 1.50. The summed E-state index contributed by atoms with van der Waals surface area (Å²) in [6.45, 7) is 1.45. The molecule has 1 heterocycles. The summed E-state index contributed by atoms with van der Waals surface area (Å²) in [5.74, 6) is -0.783. The van der Waals surface area contributed by atoms with Gasteiger partial charge in [0.2, 0.25) is 0 Å². The van der Waals surface area contributed by atoms with Crippen molar-refractivity contribution < 1.29 is 23.9 Å². The third-order valence-electron chi connectivity index (χ3n) is 3.40. The molecule has 26 heavy (non-hydrogen) atoms. The van der Waals surface area contributed by atoms with Gasteiger partial charge >= 0.3 is 5.97 Å². The molecule has 0 radical (unpaired) electrons. The maximum absolute atomic E-state index is 11.9. The fourth-order valence-corrected chi connectivity index (χ4v) is 3.14. The molecule has 6 nitrogen and oxygen atoms in total. The molecular weight excluding hydrogens is 378 g/mol. The highest BCUT2D eigenvalue weighted by Crippen LogP contribution is 2.25.